The van der Waals surface area contributed by atoms with Crippen LogP contribution >= 0.6 is 0 Å². The number of benzene rings is 3. The summed E-state index contributed by atoms with van der Waals surface area (Å²) in [5.41, 5.74) is 2.10. The lowest BCUT2D eigenvalue weighted by Gasteiger charge is -2.10. The lowest BCUT2D eigenvalue weighted by atomic mass is 10.2. The molecule has 0 saturated heterocycles. The van der Waals surface area contributed by atoms with Gasteiger partial charge in [0, 0.05) is 17.1 Å². The molecular formula is C19H17FN2O3S. The van der Waals surface area contributed by atoms with Crippen molar-refractivity contribution in [3.8, 4) is 5.75 Å². The van der Waals surface area contributed by atoms with Gasteiger partial charge >= 0.3 is 0 Å². The normalized spacial score (nSPS) is 11.0. The Bertz CT molecular complexity index is 971. The summed E-state index contributed by atoms with van der Waals surface area (Å²) in [5, 5.41) is 3.21. The van der Waals surface area contributed by atoms with Crippen LogP contribution in [0.3, 0.4) is 0 Å². The number of methoxy groups -OCH3 is 1. The molecule has 0 saturated carbocycles. The number of ether oxygens (including phenoxy) is 1. The van der Waals surface area contributed by atoms with Crippen LogP contribution in [0.2, 0.25) is 0 Å². The van der Waals surface area contributed by atoms with E-state index in [9.17, 15) is 12.8 Å². The first-order valence-electron chi connectivity index (χ1n) is 7.76. The van der Waals surface area contributed by atoms with Gasteiger partial charge in [-0.25, -0.2) is 12.8 Å². The smallest absolute Gasteiger partial charge is 0.261 e. The summed E-state index contributed by atoms with van der Waals surface area (Å²) in [4.78, 5) is -0.000616. The van der Waals surface area contributed by atoms with Crippen molar-refractivity contribution in [2.75, 3.05) is 17.1 Å². The monoisotopic (exact) mass is 372 g/mol. The van der Waals surface area contributed by atoms with Crippen molar-refractivity contribution in [3.05, 3.63) is 78.6 Å². The Morgan fingerprint density at radius 3 is 1.81 bits per heavy atom. The molecule has 26 heavy (non-hydrogen) atoms. The number of hydrogen-bond acceptors (Lipinski definition) is 4. The minimum atomic E-state index is -3.76. The molecule has 0 bridgehead atoms. The van der Waals surface area contributed by atoms with E-state index in [2.05, 4.69) is 10.0 Å². The van der Waals surface area contributed by atoms with E-state index in [1.54, 1.807) is 31.4 Å². The largest absolute Gasteiger partial charge is 0.497 e. The van der Waals surface area contributed by atoms with Crippen LogP contribution in [0.4, 0.5) is 21.5 Å². The highest BCUT2D eigenvalue weighted by molar-refractivity contribution is 7.92. The van der Waals surface area contributed by atoms with Gasteiger partial charge in [-0.15, -0.1) is 0 Å². The second-order valence-corrected chi connectivity index (χ2v) is 7.17. The molecule has 0 fully saturated rings. The Hall–Kier alpha value is -3.06. The Morgan fingerprint density at radius 2 is 1.27 bits per heavy atom. The molecule has 3 rings (SSSR count). The second kappa shape index (κ2) is 7.45. The summed E-state index contributed by atoms with van der Waals surface area (Å²) in [6.07, 6.45) is 0. The van der Waals surface area contributed by atoms with Gasteiger partial charge in [0.1, 0.15) is 11.6 Å². The van der Waals surface area contributed by atoms with E-state index in [1.807, 2.05) is 24.3 Å². The van der Waals surface area contributed by atoms with E-state index in [0.717, 1.165) is 29.3 Å². The van der Waals surface area contributed by atoms with E-state index in [4.69, 9.17) is 4.74 Å². The minimum Gasteiger partial charge on any atom is -0.497 e. The molecule has 134 valence electrons. The zero-order chi connectivity index (χ0) is 18.6. The average molecular weight is 372 g/mol. The Kier molecular flexibility index (Phi) is 5.09. The van der Waals surface area contributed by atoms with Crippen molar-refractivity contribution in [1.82, 2.24) is 0 Å². The van der Waals surface area contributed by atoms with Gasteiger partial charge in [0.05, 0.1) is 12.0 Å². The number of sulfonamides is 1. The molecule has 3 aromatic rings. The lowest BCUT2D eigenvalue weighted by Crippen LogP contribution is -2.12. The first-order chi connectivity index (χ1) is 12.5. The third kappa shape index (κ3) is 4.31. The Balaban J connectivity index is 1.69. The van der Waals surface area contributed by atoms with Gasteiger partial charge in [0.15, 0.2) is 0 Å². The highest BCUT2D eigenvalue weighted by Crippen LogP contribution is 2.22. The standard InChI is InChI=1S/C19H17FN2O3S/c1-25-18-10-8-16(9-11-18)21-15-4-6-17(7-5-15)22-26(23,24)19-12-2-14(20)3-13-19/h2-13,21-22H,1H3. The number of hydrogen-bond donors (Lipinski definition) is 2. The van der Waals surface area contributed by atoms with Gasteiger partial charge in [-0.05, 0) is 72.8 Å². The first kappa shape index (κ1) is 17.8. The molecule has 0 atom stereocenters. The Morgan fingerprint density at radius 1 is 0.769 bits per heavy atom. The maximum absolute atomic E-state index is 12.9. The third-order valence-electron chi connectivity index (χ3n) is 3.64. The van der Waals surface area contributed by atoms with Crippen LogP contribution < -0.4 is 14.8 Å². The van der Waals surface area contributed by atoms with Gasteiger partial charge in [-0.3, -0.25) is 4.72 Å². The van der Waals surface area contributed by atoms with Crippen LogP contribution in [0, 0.1) is 5.82 Å². The maximum Gasteiger partial charge on any atom is 0.261 e. The molecule has 0 aliphatic rings. The number of anilines is 3. The molecule has 0 amide bonds. The molecule has 2 N–H and O–H groups in total. The highest BCUT2D eigenvalue weighted by Gasteiger charge is 2.14. The van der Waals surface area contributed by atoms with Crippen LogP contribution in [-0.4, -0.2) is 15.5 Å². The molecule has 0 aliphatic carbocycles. The van der Waals surface area contributed by atoms with Crippen LogP contribution in [0.15, 0.2) is 77.7 Å². The van der Waals surface area contributed by atoms with E-state index in [0.29, 0.717) is 5.69 Å². The Labute approximate surface area is 151 Å². The predicted molar refractivity (Wildman–Crippen MR) is 99.9 cm³/mol. The molecule has 0 unspecified atom stereocenters. The number of rotatable bonds is 6. The van der Waals surface area contributed by atoms with Crippen LogP contribution in [0.25, 0.3) is 0 Å². The number of nitrogens with one attached hydrogen (secondary N) is 2. The van der Waals surface area contributed by atoms with Gasteiger partial charge < -0.3 is 10.1 Å². The summed E-state index contributed by atoms with van der Waals surface area (Å²) in [6.45, 7) is 0. The fourth-order valence-corrected chi connectivity index (χ4v) is 3.35. The summed E-state index contributed by atoms with van der Waals surface area (Å²) < 4.78 is 45.1. The second-order valence-electron chi connectivity index (χ2n) is 5.49. The topological polar surface area (TPSA) is 67.4 Å². The highest BCUT2D eigenvalue weighted by atomic mass is 32.2. The predicted octanol–water partition coefficient (Wildman–Crippen LogP) is 4.38. The average Bonchev–Trinajstić information content (AvgIpc) is 2.64. The van der Waals surface area contributed by atoms with E-state index < -0.39 is 15.8 Å². The molecule has 0 spiro atoms. The van der Waals surface area contributed by atoms with Crippen molar-refractivity contribution >= 4 is 27.1 Å². The van der Waals surface area contributed by atoms with Crippen molar-refractivity contribution in [2.45, 2.75) is 4.90 Å². The summed E-state index contributed by atoms with van der Waals surface area (Å²) in [5.74, 6) is 0.277. The van der Waals surface area contributed by atoms with E-state index >= 15 is 0 Å². The van der Waals surface area contributed by atoms with Crippen LogP contribution in [0.1, 0.15) is 0 Å². The number of halogens is 1. The third-order valence-corrected chi connectivity index (χ3v) is 5.04. The van der Waals surface area contributed by atoms with Crippen molar-refractivity contribution in [3.63, 3.8) is 0 Å². The minimum absolute atomic E-state index is 0.000616. The molecule has 0 radical (unpaired) electrons. The zero-order valence-corrected chi connectivity index (χ0v) is 14.8. The molecule has 5 nitrogen and oxygen atoms in total. The maximum atomic E-state index is 12.9. The van der Waals surface area contributed by atoms with Crippen molar-refractivity contribution < 1.29 is 17.5 Å². The van der Waals surface area contributed by atoms with Crippen LogP contribution in [0.5, 0.6) is 5.75 Å². The van der Waals surface area contributed by atoms with Crippen molar-refractivity contribution in [2.24, 2.45) is 0 Å². The molecule has 0 heterocycles. The van der Waals surface area contributed by atoms with Crippen molar-refractivity contribution in [1.29, 1.82) is 0 Å². The molecule has 3 aromatic carbocycles. The molecular weight excluding hydrogens is 355 g/mol. The fraction of sp³-hybridized carbons (Fsp3) is 0.0526. The van der Waals surface area contributed by atoms with E-state index in [-0.39, 0.29) is 4.90 Å². The van der Waals surface area contributed by atoms with Gasteiger partial charge in [-0.1, -0.05) is 0 Å². The quantitative estimate of drug-likeness (QED) is 0.674. The zero-order valence-electron chi connectivity index (χ0n) is 13.9. The fourth-order valence-electron chi connectivity index (χ4n) is 2.29. The van der Waals surface area contributed by atoms with E-state index in [1.165, 1.54) is 12.1 Å². The molecule has 0 aromatic heterocycles. The van der Waals surface area contributed by atoms with Gasteiger partial charge in [0.2, 0.25) is 0 Å². The lowest BCUT2D eigenvalue weighted by molar-refractivity contribution is 0.415. The summed E-state index contributed by atoms with van der Waals surface area (Å²) in [7, 11) is -2.16. The molecule has 7 heteroatoms. The summed E-state index contributed by atoms with van der Waals surface area (Å²) >= 11 is 0. The summed E-state index contributed by atoms with van der Waals surface area (Å²) in [6, 6.07) is 18.9. The SMILES string of the molecule is COc1ccc(Nc2ccc(NS(=O)(=O)c3ccc(F)cc3)cc2)cc1. The molecule has 0 aliphatic heterocycles. The van der Waals surface area contributed by atoms with Gasteiger partial charge in [-0.2, -0.15) is 0 Å². The van der Waals surface area contributed by atoms with Gasteiger partial charge in [0.25, 0.3) is 10.0 Å². The van der Waals surface area contributed by atoms with Crippen LogP contribution in [-0.2, 0) is 10.0 Å². The first-order valence-corrected chi connectivity index (χ1v) is 9.24.